The zero-order valence-corrected chi connectivity index (χ0v) is 10.9. The summed E-state index contributed by atoms with van der Waals surface area (Å²) in [6.07, 6.45) is 4.78. The molecule has 12 heavy (non-hydrogen) atoms. The second-order valence-corrected chi connectivity index (χ2v) is 2.97. The summed E-state index contributed by atoms with van der Waals surface area (Å²) in [7, 11) is 0. The minimum atomic E-state index is -0.625. The Kier molecular flexibility index (Phi) is 12.1. The van der Waals surface area contributed by atoms with Gasteiger partial charge in [0.1, 0.15) is 0 Å². The van der Waals surface area contributed by atoms with Crippen molar-refractivity contribution in [2.24, 2.45) is 5.92 Å². The van der Waals surface area contributed by atoms with Crippen molar-refractivity contribution >= 4 is 5.97 Å². The Hall–Kier alpha value is 0.574. The largest absolute Gasteiger partial charge is 0.481 e. The molecule has 0 aromatic rings. The summed E-state index contributed by atoms with van der Waals surface area (Å²) < 4.78 is 0. The van der Waals surface area contributed by atoms with Crippen LogP contribution < -0.4 is 0 Å². The van der Waals surface area contributed by atoms with Crippen LogP contribution in [0.2, 0.25) is 0 Å². The molecule has 3 heteroatoms. The van der Waals surface area contributed by atoms with E-state index < -0.39 is 5.97 Å². The van der Waals surface area contributed by atoms with Crippen LogP contribution in [-0.4, -0.2) is 11.1 Å². The summed E-state index contributed by atoms with van der Waals surface area (Å²) in [5, 5.41) is 8.73. The standard InChI is InChI=1S/C9H18O2.Y/c1-3-5-7-8(6-4-2)9(10)11;/h8H,3-7H2,1-2H3,(H,10,11);. The SMILES string of the molecule is CCCCC(CCC)C(=O)O.[Y]. The Morgan fingerprint density at radius 2 is 1.83 bits per heavy atom. The molecule has 0 amide bonds. The molecule has 1 radical (unpaired) electrons. The third-order valence-electron chi connectivity index (χ3n) is 1.89. The van der Waals surface area contributed by atoms with Gasteiger partial charge in [-0.15, -0.1) is 0 Å². The summed E-state index contributed by atoms with van der Waals surface area (Å²) in [5.74, 6) is -0.722. The summed E-state index contributed by atoms with van der Waals surface area (Å²) in [5.41, 5.74) is 0. The summed E-state index contributed by atoms with van der Waals surface area (Å²) in [6, 6.07) is 0. The predicted molar refractivity (Wildman–Crippen MR) is 45.6 cm³/mol. The number of unbranched alkanes of at least 4 members (excludes halogenated alkanes) is 1. The van der Waals surface area contributed by atoms with E-state index in [1.165, 1.54) is 0 Å². The van der Waals surface area contributed by atoms with Crippen LogP contribution in [-0.2, 0) is 37.5 Å². The summed E-state index contributed by atoms with van der Waals surface area (Å²) in [6.45, 7) is 4.12. The van der Waals surface area contributed by atoms with E-state index in [4.69, 9.17) is 5.11 Å². The molecule has 69 valence electrons. The first-order valence-electron chi connectivity index (χ1n) is 4.45. The molecule has 0 aromatic heterocycles. The molecule has 0 heterocycles. The van der Waals surface area contributed by atoms with Gasteiger partial charge in [-0.2, -0.15) is 0 Å². The molecule has 0 fully saturated rings. The second kappa shape index (κ2) is 9.66. The molecule has 0 aliphatic carbocycles. The molecule has 0 saturated carbocycles. The molecule has 1 N–H and O–H groups in total. The van der Waals surface area contributed by atoms with Crippen molar-refractivity contribution in [3.8, 4) is 0 Å². The topological polar surface area (TPSA) is 37.3 Å². The van der Waals surface area contributed by atoms with Crippen LogP contribution in [0.1, 0.15) is 46.0 Å². The van der Waals surface area contributed by atoms with Gasteiger partial charge in [0.2, 0.25) is 0 Å². The van der Waals surface area contributed by atoms with Crippen molar-refractivity contribution < 1.29 is 42.6 Å². The van der Waals surface area contributed by atoms with E-state index in [0.29, 0.717) is 0 Å². The van der Waals surface area contributed by atoms with Gasteiger partial charge < -0.3 is 5.11 Å². The molecule has 0 bridgehead atoms. The second-order valence-electron chi connectivity index (χ2n) is 2.97. The van der Waals surface area contributed by atoms with E-state index in [1.54, 1.807) is 0 Å². The Morgan fingerprint density at radius 3 is 2.17 bits per heavy atom. The number of carboxylic acid groups (broad SMARTS) is 1. The van der Waals surface area contributed by atoms with E-state index in [-0.39, 0.29) is 38.6 Å². The predicted octanol–water partition coefficient (Wildman–Crippen LogP) is 2.68. The Morgan fingerprint density at radius 1 is 1.25 bits per heavy atom. The molecule has 0 aromatic carbocycles. The van der Waals surface area contributed by atoms with Gasteiger partial charge in [0.15, 0.2) is 0 Å². The molecule has 0 aliphatic heterocycles. The van der Waals surface area contributed by atoms with Crippen molar-refractivity contribution in [2.45, 2.75) is 46.0 Å². The van der Waals surface area contributed by atoms with Gasteiger partial charge in [-0.25, -0.2) is 0 Å². The Balaban J connectivity index is 0. The first-order chi connectivity index (χ1) is 5.22. The number of hydrogen-bond acceptors (Lipinski definition) is 1. The molecule has 1 atom stereocenters. The van der Waals surface area contributed by atoms with Gasteiger partial charge in [-0.1, -0.05) is 33.1 Å². The maximum atomic E-state index is 10.6. The van der Waals surface area contributed by atoms with E-state index >= 15 is 0 Å². The van der Waals surface area contributed by atoms with Crippen molar-refractivity contribution in [3.63, 3.8) is 0 Å². The number of rotatable bonds is 6. The number of carbonyl (C=O) groups is 1. The molecular formula is C9H18O2Y. The summed E-state index contributed by atoms with van der Waals surface area (Å²) >= 11 is 0. The number of hydrogen-bond donors (Lipinski definition) is 1. The third-order valence-corrected chi connectivity index (χ3v) is 1.89. The van der Waals surface area contributed by atoms with Crippen molar-refractivity contribution in [3.05, 3.63) is 0 Å². The first-order valence-corrected chi connectivity index (χ1v) is 4.45. The fraction of sp³-hybridized carbons (Fsp3) is 0.889. The molecule has 0 spiro atoms. The average Bonchev–Trinajstić information content (AvgIpc) is 1.97. The van der Waals surface area contributed by atoms with Crippen LogP contribution in [0, 0.1) is 5.92 Å². The van der Waals surface area contributed by atoms with Gasteiger partial charge >= 0.3 is 5.97 Å². The Bertz CT molecular complexity index is 115. The van der Waals surface area contributed by atoms with Crippen LogP contribution in [0.15, 0.2) is 0 Å². The van der Waals surface area contributed by atoms with Crippen molar-refractivity contribution in [1.29, 1.82) is 0 Å². The maximum Gasteiger partial charge on any atom is 0.306 e. The normalized spacial score (nSPS) is 11.8. The van der Waals surface area contributed by atoms with Crippen LogP contribution in [0.5, 0.6) is 0 Å². The van der Waals surface area contributed by atoms with E-state index in [0.717, 1.165) is 32.1 Å². The van der Waals surface area contributed by atoms with Crippen LogP contribution in [0.25, 0.3) is 0 Å². The van der Waals surface area contributed by atoms with E-state index in [1.807, 2.05) is 6.92 Å². The summed E-state index contributed by atoms with van der Waals surface area (Å²) in [4.78, 5) is 10.6. The molecule has 1 unspecified atom stereocenters. The minimum Gasteiger partial charge on any atom is -0.481 e. The monoisotopic (exact) mass is 247 g/mol. The van der Waals surface area contributed by atoms with Crippen LogP contribution >= 0.6 is 0 Å². The molecule has 0 saturated heterocycles. The smallest absolute Gasteiger partial charge is 0.306 e. The minimum absolute atomic E-state index is 0. The zero-order valence-electron chi connectivity index (χ0n) is 8.05. The quantitative estimate of drug-likeness (QED) is 0.783. The number of aliphatic carboxylic acids is 1. The van der Waals surface area contributed by atoms with E-state index in [2.05, 4.69) is 6.92 Å². The van der Waals surface area contributed by atoms with Gasteiger partial charge in [-0.05, 0) is 12.8 Å². The first kappa shape index (κ1) is 15.1. The van der Waals surface area contributed by atoms with Crippen molar-refractivity contribution in [2.75, 3.05) is 0 Å². The van der Waals surface area contributed by atoms with Gasteiger partial charge in [-0.3, -0.25) is 4.79 Å². The van der Waals surface area contributed by atoms with Crippen molar-refractivity contribution in [1.82, 2.24) is 0 Å². The average molecular weight is 247 g/mol. The molecular weight excluding hydrogens is 229 g/mol. The number of carboxylic acids is 1. The fourth-order valence-electron chi connectivity index (χ4n) is 1.19. The maximum absolute atomic E-state index is 10.6. The Labute approximate surface area is 100.0 Å². The molecule has 0 rings (SSSR count). The van der Waals surface area contributed by atoms with Gasteiger partial charge in [0.05, 0.1) is 5.92 Å². The molecule has 0 aliphatic rings. The molecule has 2 nitrogen and oxygen atoms in total. The third kappa shape index (κ3) is 7.24. The van der Waals surface area contributed by atoms with Gasteiger partial charge in [0, 0.05) is 32.7 Å². The van der Waals surface area contributed by atoms with E-state index in [9.17, 15) is 4.79 Å². The fourth-order valence-corrected chi connectivity index (χ4v) is 1.19. The zero-order chi connectivity index (χ0) is 8.69. The van der Waals surface area contributed by atoms with Gasteiger partial charge in [0.25, 0.3) is 0 Å². The van der Waals surface area contributed by atoms with Crippen LogP contribution in [0.3, 0.4) is 0 Å². The van der Waals surface area contributed by atoms with Crippen LogP contribution in [0.4, 0.5) is 0 Å².